The molecule has 24 rings (SSSR count). The molecule has 7 aliphatic rings. The average Bonchev–Trinajstić information content (AvgIpc) is 0.892. The smallest absolute Gasteiger partial charge is 0.333 e. The van der Waals surface area contributed by atoms with Crippen LogP contribution in [-0.2, 0) is 21.7 Å². The van der Waals surface area contributed by atoms with Gasteiger partial charge in [-0.15, -0.1) is 11.3 Å². The van der Waals surface area contributed by atoms with Crippen molar-refractivity contribution in [3.8, 4) is 44.5 Å². The lowest BCUT2D eigenvalue weighted by Gasteiger charge is -2.51. The number of anilines is 10. The maximum absolute atomic E-state index is 2.78. The van der Waals surface area contributed by atoms with Gasteiger partial charge >= 0.3 is 13.7 Å². The minimum absolute atomic E-state index is 0.00101. The molecule has 0 saturated carbocycles. The van der Waals surface area contributed by atoms with Crippen molar-refractivity contribution < 1.29 is 0 Å². The van der Waals surface area contributed by atoms with Crippen LogP contribution >= 0.6 is 11.3 Å². The first kappa shape index (κ1) is 62.2. The van der Waals surface area contributed by atoms with Crippen LogP contribution in [0.4, 0.5) is 56.9 Å². The lowest BCUT2D eigenvalue weighted by molar-refractivity contribution is 0.332. The molecule has 1 aromatic heterocycles. The van der Waals surface area contributed by atoms with E-state index in [1.54, 1.807) is 0 Å². The summed E-state index contributed by atoms with van der Waals surface area (Å²) in [6.45, 7) is 19.5. The third-order valence-corrected chi connectivity index (χ3v) is 28.3. The summed E-state index contributed by atoms with van der Waals surface area (Å²) in [7, 11) is 0. The minimum Gasteiger partial charge on any atom is -0.376 e. The van der Waals surface area contributed by atoms with E-state index >= 15 is 0 Å². The van der Waals surface area contributed by atoms with E-state index in [-0.39, 0.29) is 35.4 Å². The number of thiophene rings is 1. The van der Waals surface area contributed by atoms with Crippen LogP contribution in [0, 0.1) is 0 Å². The second-order valence-electron chi connectivity index (χ2n) is 34.5. The third-order valence-electron chi connectivity index (χ3n) is 27.1. The molecule has 7 heterocycles. The van der Waals surface area contributed by atoms with Crippen LogP contribution in [0.15, 0.2) is 291 Å². The number of rotatable bonds is 4. The summed E-state index contributed by atoms with van der Waals surface area (Å²) in [6.07, 6.45) is 2.28. The molecular formula is C102H76B2N4S. The molecule has 0 atom stereocenters. The van der Waals surface area contributed by atoms with Gasteiger partial charge in [0.15, 0.2) is 0 Å². The minimum atomic E-state index is -0.318. The Morgan fingerprint density at radius 2 is 0.826 bits per heavy atom. The van der Waals surface area contributed by atoms with Gasteiger partial charge in [-0.25, -0.2) is 0 Å². The Hall–Kier alpha value is -11.9. The van der Waals surface area contributed by atoms with E-state index in [0.717, 1.165) is 12.8 Å². The highest BCUT2D eigenvalue weighted by molar-refractivity contribution is 7.26. The van der Waals surface area contributed by atoms with Crippen molar-refractivity contribution in [2.75, 3.05) is 19.4 Å². The second kappa shape index (κ2) is 21.5. The van der Waals surface area contributed by atoms with Crippen molar-refractivity contribution in [1.82, 2.24) is 0 Å². The quantitative estimate of drug-likeness (QED) is 0.163. The predicted molar refractivity (Wildman–Crippen MR) is 467 cm³/mol. The number of fused-ring (bicyclic) bond motifs is 22. The van der Waals surface area contributed by atoms with E-state index < -0.39 is 0 Å². The molecule has 0 fully saturated rings. The van der Waals surface area contributed by atoms with Gasteiger partial charge in [0, 0.05) is 82.6 Å². The van der Waals surface area contributed by atoms with E-state index in [9.17, 15) is 0 Å². The van der Waals surface area contributed by atoms with Crippen molar-refractivity contribution in [2.45, 2.75) is 89.9 Å². The molecule has 0 radical (unpaired) electrons. The largest absolute Gasteiger partial charge is 0.376 e. The summed E-state index contributed by atoms with van der Waals surface area (Å²) >= 11 is 1.92. The lowest BCUT2D eigenvalue weighted by Crippen LogP contribution is -2.62. The molecule has 1 aliphatic carbocycles. The first-order valence-corrected chi connectivity index (χ1v) is 40.0. The molecule has 17 aromatic rings. The Kier molecular flexibility index (Phi) is 12.3. The zero-order chi connectivity index (χ0) is 72.6. The fourth-order valence-corrected chi connectivity index (χ4v) is 22.7. The summed E-state index contributed by atoms with van der Waals surface area (Å²) < 4.78 is 2.61. The maximum atomic E-state index is 2.78. The molecule has 4 nitrogen and oxygen atoms in total. The summed E-state index contributed by atoms with van der Waals surface area (Å²) in [5.74, 6) is 0. The highest BCUT2D eigenvalue weighted by Crippen LogP contribution is 2.61. The Balaban J connectivity index is 0.737. The highest BCUT2D eigenvalue weighted by Gasteiger charge is 2.54. The Labute approximate surface area is 641 Å². The van der Waals surface area contributed by atoms with Gasteiger partial charge in [-0.3, -0.25) is 0 Å². The molecule has 109 heavy (non-hydrogen) atoms. The Morgan fingerprint density at radius 3 is 1.52 bits per heavy atom. The van der Waals surface area contributed by atoms with Crippen LogP contribution in [0.1, 0.15) is 102 Å². The highest BCUT2D eigenvalue weighted by atomic mass is 32.1. The standard InChI is InChI=1S/C102H76B2N4S/c1-99(2)47-48-100(3,4)80-58-87-75(57-79(80)99)76-50-67-29-16-17-30-71(67)95-93(76)103(84-36-22-34-78-97(84)106(95)89-55-64-28-15-13-26-62(64)52-82(89)102(78,7)8)107(87)69-43-39-60(40-44-69)65-41-45-70-68(49-65)56-90-94-92(70)74-46-42-66(59-23-10-9-11-24-59)53-86(74)108(85-37-20-32-73-72-31-18-19-38-91(72)109-98(73)85)104(94)83-35-21-33-77-96(83)105(90)88-54-63-27-14-12-25-61(63)51-81(88)101(77,5)6/h9-46,49-58H,47-48H2,1-8H3. The molecule has 0 amide bonds. The fraction of sp³-hybridized carbons (Fsp3) is 0.137. The molecule has 0 N–H and O–H groups in total. The SMILES string of the molecule is CC1(C)CCC(C)(C)c2cc3c(cc21)-c1cc2ccccc2c2c1B(c1cccc4c1N2c1cc2ccccc2cc1C4(C)C)N3c1ccc(-c2ccc3c4c5c(cc3c2)N2c3cc6ccccc6cc3C(C)(C)c3cccc(c32)B5N(c2cccc3c2sc2ccccc23)c2cc(-c3ccccc3)ccc2-4)cc1. The molecule has 6 aliphatic heterocycles. The molecule has 516 valence electrons. The topological polar surface area (TPSA) is 13.0 Å². The lowest BCUT2D eigenvalue weighted by atomic mass is 9.42. The molecule has 0 spiro atoms. The monoisotopic (exact) mass is 1410 g/mol. The second-order valence-corrected chi connectivity index (χ2v) is 35.5. The van der Waals surface area contributed by atoms with Gasteiger partial charge < -0.3 is 19.4 Å². The van der Waals surface area contributed by atoms with Gasteiger partial charge in [0.05, 0.1) is 21.8 Å². The van der Waals surface area contributed by atoms with Gasteiger partial charge in [0.2, 0.25) is 0 Å². The fourth-order valence-electron chi connectivity index (χ4n) is 21.5. The Morgan fingerprint density at radius 1 is 0.294 bits per heavy atom. The van der Waals surface area contributed by atoms with Crippen molar-refractivity contribution in [2.24, 2.45) is 0 Å². The van der Waals surface area contributed by atoms with E-state index in [0.29, 0.717) is 0 Å². The van der Waals surface area contributed by atoms with Gasteiger partial charge in [-0.2, -0.15) is 0 Å². The zero-order valence-corrected chi connectivity index (χ0v) is 63.3. The van der Waals surface area contributed by atoms with Crippen LogP contribution in [-0.4, -0.2) is 13.7 Å². The van der Waals surface area contributed by atoms with Gasteiger partial charge in [-0.05, 0) is 235 Å². The van der Waals surface area contributed by atoms with Crippen molar-refractivity contribution in [1.29, 1.82) is 0 Å². The van der Waals surface area contributed by atoms with E-state index in [2.05, 4.69) is 366 Å². The van der Waals surface area contributed by atoms with E-state index in [1.165, 1.54) is 220 Å². The van der Waals surface area contributed by atoms with Crippen LogP contribution in [0.3, 0.4) is 0 Å². The molecule has 7 heteroatoms. The Bertz CT molecular complexity index is 6980. The first-order chi connectivity index (χ1) is 53.1. The third kappa shape index (κ3) is 8.26. The first-order valence-electron chi connectivity index (χ1n) is 39.1. The molecule has 0 unspecified atom stereocenters. The summed E-state index contributed by atoms with van der Waals surface area (Å²) in [4.78, 5) is 11.0. The van der Waals surface area contributed by atoms with E-state index in [4.69, 9.17) is 0 Å². The van der Waals surface area contributed by atoms with Crippen molar-refractivity contribution >= 4 is 167 Å². The van der Waals surface area contributed by atoms with Gasteiger partial charge in [0.1, 0.15) is 0 Å². The van der Waals surface area contributed by atoms with Crippen LogP contribution in [0.25, 0.3) is 108 Å². The van der Waals surface area contributed by atoms with Crippen LogP contribution in [0.5, 0.6) is 0 Å². The summed E-state index contributed by atoms with van der Waals surface area (Å²) in [5, 5.41) is 12.7. The normalized spacial score (nSPS) is 16.4. The molecule has 0 bridgehead atoms. The summed E-state index contributed by atoms with van der Waals surface area (Å²) in [6, 6.07) is 114. The number of nitrogens with zero attached hydrogens (tertiary/aromatic N) is 4. The van der Waals surface area contributed by atoms with Crippen LogP contribution in [0.2, 0.25) is 0 Å². The van der Waals surface area contributed by atoms with Crippen molar-refractivity contribution in [3.05, 3.63) is 325 Å². The molecular weight excluding hydrogens is 1330 g/mol. The molecule has 0 saturated heterocycles. The van der Waals surface area contributed by atoms with Crippen LogP contribution < -0.4 is 41.3 Å². The average molecular weight is 1410 g/mol. The van der Waals surface area contributed by atoms with Gasteiger partial charge in [-0.1, -0.05) is 262 Å². The number of hydrogen-bond donors (Lipinski definition) is 0. The zero-order valence-electron chi connectivity index (χ0n) is 62.5. The maximum Gasteiger partial charge on any atom is 0.333 e. The number of hydrogen-bond acceptors (Lipinski definition) is 5. The van der Waals surface area contributed by atoms with E-state index in [1.807, 2.05) is 11.3 Å². The summed E-state index contributed by atoms with van der Waals surface area (Å²) in [5.41, 5.74) is 35.6. The number of para-hydroxylation sites is 2. The number of benzene rings is 16. The predicted octanol–water partition coefficient (Wildman–Crippen LogP) is 25.0. The molecule has 16 aromatic carbocycles. The van der Waals surface area contributed by atoms with Gasteiger partial charge in [0.25, 0.3) is 0 Å². The van der Waals surface area contributed by atoms with Crippen molar-refractivity contribution in [3.63, 3.8) is 0 Å².